The molecule has 8 heteroatoms. The SMILES string of the molecule is COCCOc1ccc(CNC(=O)c2ccc(CSc3nc(C)cs3)cc2)cn1. The summed E-state index contributed by atoms with van der Waals surface area (Å²) in [6.45, 7) is 3.37. The fourth-order valence-corrected chi connectivity index (χ4v) is 4.22. The van der Waals surface area contributed by atoms with Crippen molar-refractivity contribution in [2.24, 2.45) is 0 Å². The van der Waals surface area contributed by atoms with Crippen molar-refractivity contribution >= 4 is 29.0 Å². The summed E-state index contributed by atoms with van der Waals surface area (Å²) < 4.78 is 11.4. The molecule has 0 spiro atoms. The second kappa shape index (κ2) is 10.9. The van der Waals surface area contributed by atoms with Crippen molar-refractivity contribution in [1.29, 1.82) is 0 Å². The molecule has 2 heterocycles. The lowest BCUT2D eigenvalue weighted by Crippen LogP contribution is -2.22. The van der Waals surface area contributed by atoms with Gasteiger partial charge in [-0.1, -0.05) is 30.0 Å². The average molecular weight is 430 g/mol. The van der Waals surface area contributed by atoms with Crippen LogP contribution in [0.4, 0.5) is 0 Å². The van der Waals surface area contributed by atoms with E-state index in [0.717, 1.165) is 26.9 Å². The molecule has 0 aliphatic rings. The van der Waals surface area contributed by atoms with Gasteiger partial charge in [-0.3, -0.25) is 4.79 Å². The van der Waals surface area contributed by atoms with E-state index in [0.29, 0.717) is 31.2 Å². The fraction of sp³-hybridized carbons (Fsp3) is 0.286. The Bertz CT molecular complexity index is 912. The zero-order valence-electron chi connectivity index (χ0n) is 16.4. The van der Waals surface area contributed by atoms with Gasteiger partial charge in [0.1, 0.15) is 10.9 Å². The maximum atomic E-state index is 12.4. The Balaban J connectivity index is 1.45. The highest BCUT2D eigenvalue weighted by Crippen LogP contribution is 2.26. The Kier molecular flexibility index (Phi) is 8.03. The van der Waals surface area contributed by atoms with Crippen molar-refractivity contribution in [2.45, 2.75) is 23.6 Å². The number of hydrogen-bond acceptors (Lipinski definition) is 7. The molecule has 0 unspecified atom stereocenters. The highest BCUT2D eigenvalue weighted by Gasteiger charge is 2.07. The van der Waals surface area contributed by atoms with Gasteiger partial charge >= 0.3 is 0 Å². The lowest BCUT2D eigenvalue weighted by atomic mass is 10.1. The zero-order valence-corrected chi connectivity index (χ0v) is 18.0. The molecule has 3 aromatic rings. The Hall–Kier alpha value is -2.42. The van der Waals surface area contributed by atoms with Gasteiger partial charge in [0.25, 0.3) is 5.91 Å². The van der Waals surface area contributed by atoms with E-state index < -0.39 is 0 Å². The van der Waals surface area contributed by atoms with Crippen LogP contribution in [0.1, 0.15) is 27.2 Å². The maximum absolute atomic E-state index is 12.4. The van der Waals surface area contributed by atoms with Gasteiger partial charge in [-0.2, -0.15) is 0 Å². The van der Waals surface area contributed by atoms with Gasteiger partial charge in [0, 0.05) is 48.3 Å². The van der Waals surface area contributed by atoms with Crippen LogP contribution < -0.4 is 10.1 Å². The first kappa shape index (κ1) is 21.3. The summed E-state index contributed by atoms with van der Waals surface area (Å²) in [7, 11) is 1.62. The fourth-order valence-electron chi connectivity index (χ4n) is 2.41. The van der Waals surface area contributed by atoms with Crippen LogP contribution in [-0.2, 0) is 17.0 Å². The van der Waals surface area contributed by atoms with Crippen LogP contribution in [-0.4, -0.2) is 36.2 Å². The Labute approximate surface area is 178 Å². The summed E-state index contributed by atoms with van der Waals surface area (Å²) in [4.78, 5) is 21.0. The molecule has 0 bridgehead atoms. The van der Waals surface area contributed by atoms with Gasteiger partial charge in [-0.25, -0.2) is 9.97 Å². The molecule has 1 aromatic carbocycles. The topological polar surface area (TPSA) is 73.3 Å². The largest absolute Gasteiger partial charge is 0.475 e. The van der Waals surface area contributed by atoms with Crippen LogP contribution in [0.25, 0.3) is 0 Å². The van der Waals surface area contributed by atoms with E-state index in [1.54, 1.807) is 42.5 Å². The van der Waals surface area contributed by atoms with E-state index in [9.17, 15) is 4.79 Å². The number of ether oxygens (including phenoxy) is 2. The van der Waals surface area contributed by atoms with Crippen LogP contribution in [0.5, 0.6) is 5.88 Å². The highest BCUT2D eigenvalue weighted by atomic mass is 32.2. The van der Waals surface area contributed by atoms with E-state index >= 15 is 0 Å². The Morgan fingerprint density at radius 2 is 1.93 bits per heavy atom. The van der Waals surface area contributed by atoms with Crippen molar-refractivity contribution < 1.29 is 14.3 Å². The molecule has 6 nitrogen and oxygen atoms in total. The smallest absolute Gasteiger partial charge is 0.251 e. The summed E-state index contributed by atoms with van der Waals surface area (Å²) >= 11 is 3.36. The summed E-state index contributed by atoms with van der Waals surface area (Å²) in [5, 5.41) is 4.96. The van der Waals surface area contributed by atoms with Crippen LogP contribution in [0, 0.1) is 6.92 Å². The molecule has 0 aliphatic carbocycles. The number of amides is 1. The summed E-state index contributed by atoms with van der Waals surface area (Å²) in [6, 6.07) is 11.3. The zero-order chi connectivity index (χ0) is 20.5. The minimum Gasteiger partial charge on any atom is -0.475 e. The Morgan fingerprint density at radius 1 is 1.14 bits per heavy atom. The van der Waals surface area contributed by atoms with Crippen LogP contribution >= 0.6 is 23.1 Å². The number of benzene rings is 1. The average Bonchev–Trinajstić information content (AvgIpc) is 3.17. The number of aromatic nitrogens is 2. The van der Waals surface area contributed by atoms with Crippen LogP contribution in [0.3, 0.4) is 0 Å². The first-order valence-corrected chi connectivity index (χ1v) is 11.0. The van der Waals surface area contributed by atoms with E-state index in [2.05, 4.69) is 15.3 Å². The van der Waals surface area contributed by atoms with Gasteiger partial charge in [0.15, 0.2) is 0 Å². The number of carbonyl (C=O) groups is 1. The predicted octanol–water partition coefficient (Wildman–Crippen LogP) is 4.09. The third-order valence-electron chi connectivity index (χ3n) is 3.96. The van der Waals surface area contributed by atoms with Gasteiger partial charge in [-0.15, -0.1) is 11.3 Å². The predicted molar refractivity (Wildman–Crippen MR) is 116 cm³/mol. The lowest BCUT2D eigenvalue weighted by molar-refractivity contribution is 0.0951. The van der Waals surface area contributed by atoms with Gasteiger partial charge < -0.3 is 14.8 Å². The monoisotopic (exact) mass is 429 g/mol. The maximum Gasteiger partial charge on any atom is 0.251 e. The lowest BCUT2D eigenvalue weighted by Gasteiger charge is -2.08. The summed E-state index contributed by atoms with van der Waals surface area (Å²) in [5.74, 6) is 1.26. The van der Waals surface area contributed by atoms with Crippen molar-refractivity contribution in [3.63, 3.8) is 0 Å². The minimum absolute atomic E-state index is 0.111. The second-order valence-electron chi connectivity index (χ2n) is 6.27. The number of hydrogen-bond donors (Lipinski definition) is 1. The van der Waals surface area contributed by atoms with Gasteiger partial charge in [-0.05, 0) is 30.2 Å². The van der Waals surface area contributed by atoms with E-state index in [-0.39, 0.29) is 5.91 Å². The molecule has 152 valence electrons. The molecule has 1 amide bonds. The number of nitrogens with one attached hydrogen (secondary N) is 1. The van der Waals surface area contributed by atoms with Crippen LogP contribution in [0.15, 0.2) is 52.3 Å². The molecule has 0 radical (unpaired) electrons. The van der Waals surface area contributed by atoms with E-state index in [1.807, 2.05) is 42.6 Å². The third-order valence-corrected chi connectivity index (χ3v) is 6.17. The first-order chi connectivity index (χ1) is 14.1. The molecule has 0 saturated heterocycles. The quantitative estimate of drug-likeness (QED) is 0.386. The Morgan fingerprint density at radius 3 is 2.59 bits per heavy atom. The second-order valence-corrected chi connectivity index (χ2v) is 8.35. The molecular formula is C21H23N3O3S2. The highest BCUT2D eigenvalue weighted by molar-refractivity contribution is 8.00. The number of nitrogens with zero attached hydrogens (tertiary/aromatic N) is 2. The van der Waals surface area contributed by atoms with Crippen molar-refractivity contribution in [1.82, 2.24) is 15.3 Å². The molecule has 0 fully saturated rings. The molecule has 0 saturated carbocycles. The summed E-state index contributed by atoms with van der Waals surface area (Å²) in [5.41, 5.74) is 3.75. The van der Waals surface area contributed by atoms with Crippen molar-refractivity contribution in [3.05, 3.63) is 70.4 Å². The number of aryl methyl sites for hydroxylation is 1. The molecule has 29 heavy (non-hydrogen) atoms. The normalized spacial score (nSPS) is 10.7. The third kappa shape index (κ3) is 6.85. The number of pyridine rings is 1. The number of thioether (sulfide) groups is 1. The van der Waals surface area contributed by atoms with Crippen molar-refractivity contribution in [3.8, 4) is 5.88 Å². The molecule has 0 atom stereocenters. The standard InChI is InChI=1S/C21H23N3O3S2/c1-15-13-28-21(24-15)29-14-16-3-6-18(7-4-16)20(25)23-12-17-5-8-19(22-11-17)27-10-9-26-2/h3-8,11,13H,9-10,12,14H2,1-2H3,(H,23,25). The number of rotatable bonds is 10. The minimum atomic E-state index is -0.111. The number of thiazole rings is 1. The van der Waals surface area contributed by atoms with Gasteiger partial charge in [0.2, 0.25) is 5.88 Å². The van der Waals surface area contributed by atoms with Crippen LogP contribution in [0.2, 0.25) is 0 Å². The van der Waals surface area contributed by atoms with E-state index in [4.69, 9.17) is 9.47 Å². The molecule has 2 aromatic heterocycles. The number of carbonyl (C=O) groups excluding carboxylic acids is 1. The molecule has 1 N–H and O–H groups in total. The molecular weight excluding hydrogens is 406 g/mol. The van der Waals surface area contributed by atoms with E-state index in [1.165, 1.54) is 0 Å². The van der Waals surface area contributed by atoms with Gasteiger partial charge in [0.05, 0.1) is 6.61 Å². The molecule has 0 aliphatic heterocycles. The number of methoxy groups -OCH3 is 1. The summed E-state index contributed by atoms with van der Waals surface area (Å²) in [6.07, 6.45) is 1.70. The van der Waals surface area contributed by atoms with Crippen molar-refractivity contribution in [2.75, 3.05) is 20.3 Å². The first-order valence-electron chi connectivity index (χ1n) is 9.13. The molecule has 3 rings (SSSR count).